The number of nitrogens with zero attached hydrogens (tertiary/aromatic N) is 2. The van der Waals surface area contributed by atoms with E-state index in [1.807, 2.05) is 12.1 Å². The molecule has 1 unspecified atom stereocenters. The predicted octanol–water partition coefficient (Wildman–Crippen LogP) is 1.25. The van der Waals surface area contributed by atoms with Crippen molar-refractivity contribution in [2.75, 3.05) is 7.11 Å². The zero-order valence-electron chi connectivity index (χ0n) is 17.7. The van der Waals surface area contributed by atoms with Gasteiger partial charge >= 0.3 is 0 Å². The van der Waals surface area contributed by atoms with Crippen molar-refractivity contribution in [3.63, 3.8) is 0 Å². The van der Waals surface area contributed by atoms with Crippen LogP contribution in [0.2, 0.25) is 5.02 Å². The molecule has 170 valence electrons. The van der Waals surface area contributed by atoms with Gasteiger partial charge in [-0.1, -0.05) is 41.9 Å². The number of H-pyrrole nitrogens is 1. The molecular weight excluding hydrogens is 476 g/mol. The van der Waals surface area contributed by atoms with Gasteiger partial charge in [0.05, 0.1) is 35.0 Å². The molecule has 2 aromatic carbocycles. The maximum Gasteiger partial charge on any atom is 0.274 e. The normalized spacial score (nSPS) is 15.1. The number of hydrogen-bond donors (Lipinski definition) is 2. The molecule has 1 aliphatic rings. The lowest BCUT2D eigenvalue weighted by molar-refractivity contribution is -0.113. The lowest BCUT2D eigenvalue weighted by Gasteiger charge is -2.25. The quantitative estimate of drug-likeness (QED) is 0.444. The van der Waals surface area contributed by atoms with E-state index in [1.165, 1.54) is 10.9 Å². The van der Waals surface area contributed by atoms with Crippen molar-refractivity contribution in [1.82, 2.24) is 14.5 Å². The third-order valence-corrected chi connectivity index (χ3v) is 7.06. The van der Waals surface area contributed by atoms with Gasteiger partial charge in [-0.05, 0) is 35.4 Å². The van der Waals surface area contributed by atoms with E-state index < -0.39 is 22.9 Å². The number of fused-ring (bicyclic) bond motifs is 3. The number of carbonyl (C=O) groups excluding carboxylic acids is 1. The number of amides is 1. The molecule has 1 amide bonds. The molecule has 0 bridgehead atoms. The first-order valence-corrected chi connectivity index (χ1v) is 11.3. The number of thiazole rings is 1. The number of rotatable bonds is 4. The number of halogens is 1. The Morgan fingerprint density at radius 1 is 1.21 bits per heavy atom. The highest BCUT2D eigenvalue weighted by Crippen LogP contribution is 2.38. The summed E-state index contributed by atoms with van der Waals surface area (Å²) in [7, 11) is 1.57. The summed E-state index contributed by atoms with van der Waals surface area (Å²) in [6.45, 7) is 0. The zero-order valence-corrected chi connectivity index (χ0v) is 19.3. The summed E-state index contributed by atoms with van der Waals surface area (Å²) < 4.78 is 7.12. The van der Waals surface area contributed by atoms with Gasteiger partial charge in [0.2, 0.25) is 5.91 Å². The smallest absolute Gasteiger partial charge is 0.274 e. The first-order valence-electron chi connectivity index (χ1n) is 10.1. The van der Waals surface area contributed by atoms with E-state index >= 15 is 0 Å². The zero-order chi connectivity index (χ0) is 24.0. The molecule has 0 spiro atoms. The fourth-order valence-corrected chi connectivity index (χ4v) is 5.50. The van der Waals surface area contributed by atoms with Crippen molar-refractivity contribution in [3.05, 3.63) is 106 Å². The predicted molar refractivity (Wildman–Crippen MR) is 130 cm³/mol. The standard InChI is InChI=1S/C24H17ClN4O4S/c1-33-13-8-6-12(7-9-13)10-16-23(32)29-21-19(22(31)28-11-27-21)17(14-4-2-3-5-15(14)25)18(20(26)30)24(29)34-16/h2-11,17H,1H3,(H2,26,30)(H,27,28,31)/b16-10+. The van der Waals surface area contributed by atoms with Crippen LogP contribution >= 0.6 is 22.9 Å². The molecule has 3 N–H and O–H groups in total. The first-order chi connectivity index (χ1) is 16.4. The first kappa shape index (κ1) is 21.9. The summed E-state index contributed by atoms with van der Waals surface area (Å²) in [5.41, 5.74) is 6.45. The number of carbonyl (C=O) groups is 1. The molecule has 0 radical (unpaired) electrons. The molecule has 0 aliphatic carbocycles. The van der Waals surface area contributed by atoms with E-state index in [0.717, 1.165) is 16.9 Å². The number of ether oxygens (including phenoxy) is 1. The Morgan fingerprint density at radius 3 is 2.62 bits per heavy atom. The number of methoxy groups -OCH3 is 1. The van der Waals surface area contributed by atoms with Crippen LogP contribution in [0, 0.1) is 0 Å². The summed E-state index contributed by atoms with van der Waals surface area (Å²) in [6.07, 6.45) is 2.93. The van der Waals surface area contributed by atoms with Crippen LogP contribution in [0.15, 0.2) is 64.4 Å². The molecule has 1 aliphatic heterocycles. The topological polar surface area (TPSA) is 120 Å². The molecule has 8 nitrogen and oxygen atoms in total. The van der Waals surface area contributed by atoms with Gasteiger partial charge in [0.25, 0.3) is 11.1 Å². The third-order valence-electron chi connectivity index (χ3n) is 5.61. The van der Waals surface area contributed by atoms with Gasteiger partial charge in [0.15, 0.2) is 5.82 Å². The SMILES string of the molecule is COc1ccc(/C=c2/sc3n(c2=O)-c2nc[nH]c(=O)c2C(c2ccccc2Cl)C=3C(N)=O)cc1. The average Bonchev–Trinajstić information content (AvgIpc) is 3.15. The van der Waals surface area contributed by atoms with Crippen LogP contribution in [0.5, 0.6) is 5.75 Å². The van der Waals surface area contributed by atoms with E-state index in [-0.39, 0.29) is 17.0 Å². The highest BCUT2D eigenvalue weighted by atomic mass is 35.5. The van der Waals surface area contributed by atoms with Crippen LogP contribution in [-0.4, -0.2) is 27.6 Å². The monoisotopic (exact) mass is 492 g/mol. The number of aromatic nitrogens is 3. The molecule has 5 rings (SSSR count). The maximum absolute atomic E-state index is 13.5. The molecule has 0 saturated carbocycles. The van der Waals surface area contributed by atoms with Crippen LogP contribution in [-0.2, 0) is 4.79 Å². The fourth-order valence-electron chi connectivity index (χ4n) is 4.08. The van der Waals surface area contributed by atoms with Gasteiger partial charge < -0.3 is 15.5 Å². The van der Waals surface area contributed by atoms with Gasteiger partial charge in [-0.15, -0.1) is 11.3 Å². The van der Waals surface area contributed by atoms with Crippen molar-refractivity contribution in [2.45, 2.75) is 5.92 Å². The minimum absolute atomic E-state index is 0.107. The number of nitrogens with two attached hydrogens (primary N) is 1. The van der Waals surface area contributed by atoms with Crippen molar-refractivity contribution in [3.8, 4) is 11.6 Å². The van der Waals surface area contributed by atoms with Crippen LogP contribution in [0.3, 0.4) is 0 Å². The summed E-state index contributed by atoms with van der Waals surface area (Å²) in [6, 6.07) is 14.1. The van der Waals surface area contributed by atoms with Crippen molar-refractivity contribution in [2.24, 2.45) is 5.73 Å². The van der Waals surface area contributed by atoms with Crippen LogP contribution in [0.1, 0.15) is 22.6 Å². The molecule has 34 heavy (non-hydrogen) atoms. The van der Waals surface area contributed by atoms with E-state index in [1.54, 1.807) is 49.6 Å². The summed E-state index contributed by atoms with van der Waals surface area (Å²) in [4.78, 5) is 46.0. The van der Waals surface area contributed by atoms with Crippen LogP contribution in [0.25, 0.3) is 17.5 Å². The average molecular weight is 493 g/mol. The molecule has 0 saturated heterocycles. The molecular formula is C24H17ClN4O4S. The Kier molecular flexibility index (Phi) is 5.43. The maximum atomic E-state index is 13.5. The van der Waals surface area contributed by atoms with Gasteiger partial charge in [0.1, 0.15) is 10.4 Å². The minimum atomic E-state index is -0.884. The van der Waals surface area contributed by atoms with E-state index in [2.05, 4.69) is 9.97 Å². The van der Waals surface area contributed by atoms with Crippen LogP contribution < -0.4 is 30.8 Å². The highest BCUT2D eigenvalue weighted by molar-refractivity contribution is 7.07. The van der Waals surface area contributed by atoms with Crippen molar-refractivity contribution >= 4 is 40.5 Å². The van der Waals surface area contributed by atoms with Crippen molar-refractivity contribution < 1.29 is 9.53 Å². The molecule has 0 fully saturated rings. The number of aromatic amines is 1. The lowest BCUT2D eigenvalue weighted by Crippen LogP contribution is -2.41. The van der Waals surface area contributed by atoms with Crippen LogP contribution in [0.4, 0.5) is 0 Å². The van der Waals surface area contributed by atoms with Crippen molar-refractivity contribution in [1.29, 1.82) is 0 Å². The Morgan fingerprint density at radius 2 is 1.94 bits per heavy atom. The molecule has 2 aromatic heterocycles. The van der Waals surface area contributed by atoms with E-state index in [0.29, 0.717) is 25.5 Å². The fraction of sp³-hybridized carbons (Fsp3) is 0.0833. The number of benzene rings is 2. The van der Waals surface area contributed by atoms with E-state index in [4.69, 9.17) is 22.1 Å². The van der Waals surface area contributed by atoms with Gasteiger partial charge in [-0.25, -0.2) is 9.55 Å². The molecule has 10 heteroatoms. The second kappa shape index (κ2) is 8.44. The third kappa shape index (κ3) is 3.46. The molecule has 1 atom stereocenters. The second-order valence-electron chi connectivity index (χ2n) is 7.53. The number of nitrogens with one attached hydrogen (secondary N) is 1. The number of primary amides is 1. The number of hydrogen-bond acceptors (Lipinski definition) is 6. The lowest BCUT2D eigenvalue weighted by atomic mass is 9.84. The Hall–Kier alpha value is -3.95. The largest absolute Gasteiger partial charge is 0.497 e. The Labute approximate surface area is 201 Å². The van der Waals surface area contributed by atoms with E-state index in [9.17, 15) is 14.4 Å². The summed E-state index contributed by atoms with van der Waals surface area (Å²) >= 11 is 7.57. The molecule has 4 aromatic rings. The second-order valence-corrected chi connectivity index (χ2v) is 8.97. The Bertz CT molecular complexity index is 1690. The molecule has 3 heterocycles. The highest BCUT2D eigenvalue weighted by Gasteiger charge is 2.36. The summed E-state index contributed by atoms with van der Waals surface area (Å²) in [5, 5.41) is 0.359. The summed E-state index contributed by atoms with van der Waals surface area (Å²) in [5.74, 6) is -0.816. The van der Waals surface area contributed by atoms with Gasteiger partial charge in [-0.2, -0.15) is 0 Å². The minimum Gasteiger partial charge on any atom is -0.497 e. The van der Waals surface area contributed by atoms with Gasteiger partial charge in [-0.3, -0.25) is 14.4 Å². The Balaban J connectivity index is 1.89. The van der Waals surface area contributed by atoms with Gasteiger partial charge in [0, 0.05) is 5.02 Å².